The number of anilines is 1. The zero-order valence-corrected chi connectivity index (χ0v) is 18.0. The van der Waals surface area contributed by atoms with Gasteiger partial charge in [0.05, 0.1) is 0 Å². The minimum absolute atomic E-state index is 0.139. The molecule has 2 aromatic carbocycles. The minimum Gasteiger partial charge on any atom is -0.381 e. The molecule has 1 saturated heterocycles. The van der Waals surface area contributed by atoms with Crippen molar-refractivity contribution in [2.24, 2.45) is 5.73 Å². The van der Waals surface area contributed by atoms with Crippen molar-refractivity contribution >= 4 is 23.4 Å². The van der Waals surface area contributed by atoms with Gasteiger partial charge in [-0.1, -0.05) is 30.3 Å². The molecule has 2 aliphatic heterocycles. The topological polar surface area (TPSA) is 105 Å². The molecule has 1 aliphatic carbocycles. The summed E-state index contributed by atoms with van der Waals surface area (Å²) in [6, 6.07) is 14.0. The van der Waals surface area contributed by atoms with Gasteiger partial charge in [-0.25, -0.2) is 0 Å². The van der Waals surface area contributed by atoms with E-state index in [4.69, 9.17) is 5.73 Å². The Kier molecular flexibility index (Phi) is 5.43. The monoisotopic (exact) mass is 432 g/mol. The van der Waals surface area contributed by atoms with E-state index in [2.05, 4.69) is 34.9 Å². The summed E-state index contributed by atoms with van der Waals surface area (Å²) in [4.78, 5) is 38.5. The maximum atomic E-state index is 13.2. The van der Waals surface area contributed by atoms with Crippen LogP contribution in [0.2, 0.25) is 0 Å². The average Bonchev–Trinajstić information content (AvgIpc) is 3.36. The molecule has 3 aliphatic rings. The van der Waals surface area contributed by atoms with Gasteiger partial charge >= 0.3 is 0 Å². The van der Waals surface area contributed by atoms with Crippen LogP contribution in [0.25, 0.3) is 0 Å². The molecule has 0 spiro atoms. The number of benzene rings is 2. The van der Waals surface area contributed by atoms with Crippen molar-refractivity contribution in [3.63, 3.8) is 0 Å². The van der Waals surface area contributed by atoms with E-state index < -0.39 is 6.04 Å². The number of carbonyl (C=O) groups is 3. The highest BCUT2D eigenvalue weighted by atomic mass is 16.2. The second kappa shape index (κ2) is 8.39. The first-order chi connectivity index (χ1) is 15.5. The van der Waals surface area contributed by atoms with E-state index in [1.165, 1.54) is 5.56 Å². The number of fused-ring (bicyclic) bond motifs is 1. The fourth-order valence-corrected chi connectivity index (χ4v) is 5.23. The lowest BCUT2D eigenvalue weighted by Crippen LogP contribution is -2.52. The number of nitrogens with zero attached hydrogens (tertiary/aromatic N) is 1. The molecule has 2 aromatic rings. The van der Waals surface area contributed by atoms with E-state index in [1.807, 2.05) is 18.2 Å². The van der Waals surface area contributed by atoms with Gasteiger partial charge < -0.3 is 16.0 Å². The highest BCUT2D eigenvalue weighted by molar-refractivity contribution is 6.06. The van der Waals surface area contributed by atoms with E-state index in [0.29, 0.717) is 37.0 Å². The summed E-state index contributed by atoms with van der Waals surface area (Å²) < 4.78 is 0. The predicted octanol–water partition coefficient (Wildman–Crippen LogP) is 2.65. The summed E-state index contributed by atoms with van der Waals surface area (Å²) in [5.41, 5.74) is 10.9. The van der Waals surface area contributed by atoms with Gasteiger partial charge in [-0.15, -0.1) is 0 Å². The molecule has 7 heteroatoms. The number of nitrogens with two attached hydrogens (primary N) is 1. The molecule has 2 fully saturated rings. The number of hydrogen-bond acceptors (Lipinski definition) is 5. The van der Waals surface area contributed by atoms with Crippen LogP contribution in [-0.2, 0) is 22.7 Å². The molecule has 1 unspecified atom stereocenters. The standard InChI is InChI=1S/C25H28N4O3/c26-19-7-4-16(12-19)15-5-8-20(9-6-15)27-13-17-2-1-3-18-14-29(25(32)23(17)18)21-10-11-22(30)28-24(21)31/h1-3,5-6,8-9,16,19,21,27H,4,7,10-14,26H2,(H,28,30,31)/t16-,19-,21?/m1/s1. The third-order valence-electron chi connectivity index (χ3n) is 6.98. The van der Waals surface area contributed by atoms with Crippen LogP contribution < -0.4 is 16.4 Å². The number of amides is 3. The molecule has 5 rings (SSSR count). The van der Waals surface area contributed by atoms with Crippen LogP contribution in [-0.4, -0.2) is 34.7 Å². The van der Waals surface area contributed by atoms with Gasteiger partial charge in [0, 0.05) is 36.8 Å². The summed E-state index contributed by atoms with van der Waals surface area (Å²) >= 11 is 0. The van der Waals surface area contributed by atoms with Gasteiger partial charge in [0.2, 0.25) is 11.8 Å². The van der Waals surface area contributed by atoms with Crippen LogP contribution >= 0.6 is 0 Å². The third-order valence-corrected chi connectivity index (χ3v) is 6.98. The minimum atomic E-state index is -0.593. The van der Waals surface area contributed by atoms with Crippen LogP contribution in [0.1, 0.15) is 65.1 Å². The van der Waals surface area contributed by atoms with Gasteiger partial charge in [0.25, 0.3) is 5.91 Å². The van der Waals surface area contributed by atoms with Gasteiger partial charge in [-0.2, -0.15) is 0 Å². The molecular weight excluding hydrogens is 404 g/mol. The SMILES string of the molecule is N[C@@H]1CC[C@@H](c2ccc(NCc3cccc4c3C(=O)N(C3CCC(=O)NC3=O)C4)cc2)C1. The van der Waals surface area contributed by atoms with Crippen molar-refractivity contribution in [3.05, 3.63) is 64.7 Å². The van der Waals surface area contributed by atoms with Crippen LogP contribution in [0.4, 0.5) is 5.69 Å². The van der Waals surface area contributed by atoms with E-state index >= 15 is 0 Å². The first-order valence-corrected chi connectivity index (χ1v) is 11.3. The quantitative estimate of drug-likeness (QED) is 0.630. The number of imide groups is 1. The molecule has 3 amide bonds. The van der Waals surface area contributed by atoms with Crippen LogP contribution in [0.15, 0.2) is 42.5 Å². The Morgan fingerprint density at radius 3 is 2.56 bits per heavy atom. The van der Waals surface area contributed by atoms with E-state index in [1.54, 1.807) is 4.90 Å². The number of piperidine rings is 1. The highest BCUT2D eigenvalue weighted by Gasteiger charge is 2.39. The fraction of sp³-hybridized carbons (Fsp3) is 0.400. The maximum absolute atomic E-state index is 13.2. The highest BCUT2D eigenvalue weighted by Crippen LogP contribution is 2.34. The largest absolute Gasteiger partial charge is 0.381 e. The zero-order valence-electron chi connectivity index (χ0n) is 18.0. The molecule has 2 heterocycles. The summed E-state index contributed by atoms with van der Waals surface area (Å²) in [6.07, 6.45) is 3.92. The number of nitrogens with one attached hydrogen (secondary N) is 2. The third kappa shape index (κ3) is 3.88. The lowest BCUT2D eigenvalue weighted by atomic mass is 9.97. The summed E-state index contributed by atoms with van der Waals surface area (Å²) in [5, 5.41) is 5.78. The zero-order chi connectivity index (χ0) is 22.2. The predicted molar refractivity (Wildman–Crippen MR) is 121 cm³/mol. The molecule has 0 radical (unpaired) electrons. The first kappa shape index (κ1) is 20.7. The molecule has 166 valence electrons. The molecule has 0 bridgehead atoms. The van der Waals surface area contributed by atoms with Crippen molar-refractivity contribution in [2.75, 3.05) is 5.32 Å². The molecule has 4 N–H and O–H groups in total. The molecule has 1 saturated carbocycles. The second-order valence-corrected chi connectivity index (χ2v) is 9.10. The maximum Gasteiger partial charge on any atom is 0.255 e. The van der Waals surface area contributed by atoms with E-state index in [9.17, 15) is 14.4 Å². The first-order valence-electron chi connectivity index (χ1n) is 11.3. The van der Waals surface area contributed by atoms with E-state index in [0.717, 1.165) is 36.1 Å². The molecule has 7 nitrogen and oxygen atoms in total. The van der Waals surface area contributed by atoms with Crippen LogP contribution in [0, 0.1) is 0 Å². The van der Waals surface area contributed by atoms with Crippen molar-refractivity contribution in [3.8, 4) is 0 Å². The number of hydrogen-bond donors (Lipinski definition) is 3. The second-order valence-electron chi connectivity index (χ2n) is 9.10. The van der Waals surface area contributed by atoms with E-state index in [-0.39, 0.29) is 24.1 Å². The average molecular weight is 433 g/mol. The Balaban J connectivity index is 1.27. The Hall–Kier alpha value is -3.19. The van der Waals surface area contributed by atoms with Crippen molar-refractivity contribution in [1.29, 1.82) is 0 Å². The molecular formula is C25H28N4O3. The number of carbonyl (C=O) groups excluding carboxylic acids is 3. The lowest BCUT2D eigenvalue weighted by molar-refractivity contribution is -0.136. The van der Waals surface area contributed by atoms with Crippen LogP contribution in [0.5, 0.6) is 0 Å². The van der Waals surface area contributed by atoms with Gasteiger partial charge in [-0.05, 0) is 60.4 Å². The Bertz CT molecular complexity index is 1070. The smallest absolute Gasteiger partial charge is 0.255 e. The van der Waals surface area contributed by atoms with Gasteiger partial charge in [-0.3, -0.25) is 19.7 Å². The Morgan fingerprint density at radius 2 is 1.84 bits per heavy atom. The summed E-state index contributed by atoms with van der Waals surface area (Å²) in [6.45, 7) is 0.915. The van der Waals surface area contributed by atoms with Gasteiger partial charge in [0.15, 0.2) is 0 Å². The van der Waals surface area contributed by atoms with Crippen molar-refractivity contribution < 1.29 is 14.4 Å². The Morgan fingerprint density at radius 1 is 1.03 bits per heavy atom. The fourth-order valence-electron chi connectivity index (χ4n) is 5.23. The molecule has 0 aromatic heterocycles. The van der Waals surface area contributed by atoms with Crippen molar-refractivity contribution in [1.82, 2.24) is 10.2 Å². The van der Waals surface area contributed by atoms with Gasteiger partial charge in [0.1, 0.15) is 6.04 Å². The van der Waals surface area contributed by atoms with Crippen molar-refractivity contribution in [2.45, 2.75) is 63.2 Å². The van der Waals surface area contributed by atoms with Crippen LogP contribution in [0.3, 0.4) is 0 Å². The Labute approximate surface area is 187 Å². The molecule has 32 heavy (non-hydrogen) atoms. The molecule has 3 atom stereocenters. The normalized spacial score (nSPS) is 25.1. The summed E-state index contributed by atoms with van der Waals surface area (Å²) in [7, 11) is 0. The number of rotatable bonds is 5. The lowest BCUT2D eigenvalue weighted by Gasteiger charge is -2.29. The summed E-state index contributed by atoms with van der Waals surface area (Å²) in [5.74, 6) is -0.250.